The zero-order valence-corrected chi connectivity index (χ0v) is 16.4. The SMILES string of the molecule is CCC1C(=O)NC(n2nc(C)cc2NC(=O)Nc2ccc(OC)cc2)NC1C. The highest BCUT2D eigenvalue weighted by Gasteiger charge is 2.34. The van der Waals surface area contributed by atoms with Gasteiger partial charge in [0, 0.05) is 17.8 Å². The van der Waals surface area contributed by atoms with Crippen LogP contribution in [-0.4, -0.2) is 34.9 Å². The van der Waals surface area contributed by atoms with E-state index in [4.69, 9.17) is 4.74 Å². The monoisotopic (exact) mass is 386 g/mol. The van der Waals surface area contributed by atoms with Crippen molar-refractivity contribution in [1.29, 1.82) is 0 Å². The van der Waals surface area contributed by atoms with Gasteiger partial charge in [-0.15, -0.1) is 0 Å². The van der Waals surface area contributed by atoms with Gasteiger partial charge in [0.25, 0.3) is 0 Å². The van der Waals surface area contributed by atoms with Gasteiger partial charge in [0.1, 0.15) is 11.6 Å². The molecule has 3 amide bonds. The molecule has 150 valence electrons. The van der Waals surface area contributed by atoms with Crippen LogP contribution in [-0.2, 0) is 4.79 Å². The molecule has 0 saturated carbocycles. The lowest BCUT2D eigenvalue weighted by molar-refractivity contribution is -0.130. The van der Waals surface area contributed by atoms with Crippen molar-refractivity contribution in [2.75, 3.05) is 17.7 Å². The number of nitrogens with one attached hydrogen (secondary N) is 4. The summed E-state index contributed by atoms with van der Waals surface area (Å²) in [6.07, 6.45) is 0.218. The van der Waals surface area contributed by atoms with Crippen LogP contribution < -0.4 is 26.0 Å². The molecule has 0 bridgehead atoms. The molecule has 9 nitrogen and oxygen atoms in total. The lowest BCUT2D eigenvalue weighted by Crippen LogP contribution is -2.57. The molecule has 4 N–H and O–H groups in total. The second-order valence-electron chi connectivity index (χ2n) is 6.80. The molecule has 3 unspecified atom stereocenters. The number of carbonyl (C=O) groups excluding carboxylic acids is 2. The number of rotatable bonds is 5. The van der Waals surface area contributed by atoms with Crippen LogP contribution in [0.4, 0.5) is 16.3 Å². The van der Waals surface area contributed by atoms with Crippen molar-refractivity contribution >= 4 is 23.4 Å². The van der Waals surface area contributed by atoms with Gasteiger partial charge >= 0.3 is 6.03 Å². The van der Waals surface area contributed by atoms with E-state index in [1.165, 1.54) is 0 Å². The van der Waals surface area contributed by atoms with Crippen molar-refractivity contribution in [2.45, 2.75) is 39.5 Å². The molecular weight excluding hydrogens is 360 g/mol. The molecule has 2 heterocycles. The van der Waals surface area contributed by atoms with Gasteiger partial charge in [0.2, 0.25) is 5.91 Å². The van der Waals surface area contributed by atoms with E-state index < -0.39 is 12.3 Å². The highest BCUT2D eigenvalue weighted by molar-refractivity contribution is 5.99. The summed E-state index contributed by atoms with van der Waals surface area (Å²) in [5.41, 5.74) is 1.35. The fourth-order valence-electron chi connectivity index (χ4n) is 3.31. The van der Waals surface area contributed by atoms with Gasteiger partial charge < -0.3 is 15.4 Å². The normalized spacial score (nSPS) is 21.7. The molecular formula is C19H26N6O3. The summed E-state index contributed by atoms with van der Waals surface area (Å²) in [6.45, 7) is 5.78. The first-order valence-electron chi connectivity index (χ1n) is 9.26. The van der Waals surface area contributed by atoms with Gasteiger partial charge in [0.05, 0.1) is 18.7 Å². The van der Waals surface area contributed by atoms with Crippen LogP contribution in [0.15, 0.2) is 30.3 Å². The molecule has 1 aliphatic rings. The topological polar surface area (TPSA) is 109 Å². The van der Waals surface area contributed by atoms with Crippen molar-refractivity contribution in [3.05, 3.63) is 36.0 Å². The Kier molecular flexibility index (Phi) is 5.84. The minimum Gasteiger partial charge on any atom is -0.497 e. The number of aromatic nitrogens is 2. The predicted molar refractivity (Wildman–Crippen MR) is 106 cm³/mol. The Hall–Kier alpha value is -3.07. The lowest BCUT2D eigenvalue weighted by atomic mass is 9.95. The summed E-state index contributed by atoms with van der Waals surface area (Å²) in [5.74, 6) is 1.06. The molecule has 1 aromatic heterocycles. The Balaban J connectivity index is 1.71. The van der Waals surface area contributed by atoms with Crippen molar-refractivity contribution in [1.82, 2.24) is 20.4 Å². The summed E-state index contributed by atoms with van der Waals surface area (Å²) in [6, 6.07) is 8.35. The van der Waals surface area contributed by atoms with Crippen LogP contribution in [0.25, 0.3) is 0 Å². The van der Waals surface area contributed by atoms with Gasteiger partial charge in [-0.2, -0.15) is 5.10 Å². The number of anilines is 2. The minimum absolute atomic E-state index is 0.00534. The Bertz CT molecular complexity index is 848. The van der Waals surface area contributed by atoms with Gasteiger partial charge in [-0.1, -0.05) is 6.92 Å². The standard InChI is InChI=1S/C19H26N6O3/c1-5-15-12(3)20-18(23-17(15)26)25-16(10-11(2)24-25)22-19(27)21-13-6-8-14(28-4)9-7-13/h6-10,12,15,18,20H,5H2,1-4H3,(H,23,26)(H2,21,22,27). The first-order chi connectivity index (χ1) is 13.4. The summed E-state index contributed by atoms with van der Waals surface area (Å²) in [5, 5.41) is 16.2. The number of hydrogen-bond donors (Lipinski definition) is 4. The van der Waals surface area contributed by atoms with E-state index in [-0.39, 0.29) is 17.9 Å². The van der Waals surface area contributed by atoms with Crippen molar-refractivity contribution in [2.24, 2.45) is 5.92 Å². The second-order valence-corrected chi connectivity index (χ2v) is 6.80. The molecule has 3 rings (SSSR count). The van der Waals surface area contributed by atoms with Crippen LogP contribution in [0.2, 0.25) is 0 Å². The number of benzene rings is 1. The van der Waals surface area contributed by atoms with Crippen LogP contribution in [0, 0.1) is 12.8 Å². The van der Waals surface area contributed by atoms with E-state index in [0.717, 1.165) is 12.1 Å². The highest BCUT2D eigenvalue weighted by atomic mass is 16.5. The molecule has 28 heavy (non-hydrogen) atoms. The zero-order valence-electron chi connectivity index (χ0n) is 16.4. The number of methoxy groups -OCH3 is 1. The van der Waals surface area contributed by atoms with Crippen molar-refractivity contribution in [3.8, 4) is 5.75 Å². The maximum absolute atomic E-state index is 12.4. The van der Waals surface area contributed by atoms with Crippen LogP contribution in [0.3, 0.4) is 0 Å². The number of urea groups is 1. The number of carbonyl (C=O) groups is 2. The smallest absolute Gasteiger partial charge is 0.324 e. The second kappa shape index (κ2) is 8.30. The third kappa shape index (κ3) is 4.25. The molecule has 1 saturated heterocycles. The number of aryl methyl sites for hydroxylation is 1. The van der Waals surface area contributed by atoms with Crippen LogP contribution in [0.1, 0.15) is 32.3 Å². The van der Waals surface area contributed by atoms with E-state index >= 15 is 0 Å². The minimum atomic E-state index is -0.532. The lowest BCUT2D eigenvalue weighted by Gasteiger charge is -2.35. The zero-order chi connectivity index (χ0) is 20.3. The van der Waals surface area contributed by atoms with E-state index in [2.05, 4.69) is 26.4 Å². The Morgan fingerprint density at radius 3 is 2.61 bits per heavy atom. The molecule has 1 fully saturated rings. The molecule has 0 radical (unpaired) electrons. The maximum atomic E-state index is 12.4. The molecule has 1 aliphatic heterocycles. The van der Waals surface area contributed by atoms with Crippen LogP contribution >= 0.6 is 0 Å². The molecule has 2 aromatic rings. The Morgan fingerprint density at radius 1 is 1.29 bits per heavy atom. The quantitative estimate of drug-likeness (QED) is 0.631. The molecule has 9 heteroatoms. The third-order valence-electron chi connectivity index (χ3n) is 4.77. The van der Waals surface area contributed by atoms with E-state index in [9.17, 15) is 9.59 Å². The molecule has 1 aromatic carbocycles. The van der Waals surface area contributed by atoms with Crippen molar-refractivity contribution < 1.29 is 14.3 Å². The van der Waals surface area contributed by atoms with Crippen molar-refractivity contribution in [3.63, 3.8) is 0 Å². The summed E-state index contributed by atoms with van der Waals surface area (Å²) in [4.78, 5) is 24.8. The summed E-state index contributed by atoms with van der Waals surface area (Å²) >= 11 is 0. The number of hydrogen-bond acceptors (Lipinski definition) is 5. The van der Waals surface area contributed by atoms with Gasteiger partial charge in [-0.3, -0.25) is 15.4 Å². The van der Waals surface area contributed by atoms with Gasteiger partial charge in [-0.05, 0) is 44.5 Å². The van der Waals surface area contributed by atoms with Crippen LogP contribution in [0.5, 0.6) is 5.75 Å². The number of amides is 3. The van der Waals surface area contributed by atoms with E-state index in [0.29, 0.717) is 17.3 Å². The highest BCUT2D eigenvalue weighted by Crippen LogP contribution is 2.21. The predicted octanol–water partition coefficient (Wildman–Crippen LogP) is 2.43. The molecule has 0 aliphatic carbocycles. The maximum Gasteiger partial charge on any atom is 0.324 e. The Labute approximate surface area is 163 Å². The molecule has 3 atom stereocenters. The summed E-state index contributed by atoms with van der Waals surface area (Å²) < 4.78 is 6.68. The Morgan fingerprint density at radius 2 is 2.00 bits per heavy atom. The first kappa shape index (κ1) is 19.7. The fourth-order valence-corrected chi connectivity index (χ4v) is 3.31. The van der Waals surface area contributed by atoms with E-state index in [1.54, 1.807) is 42.1 Å². The average molecular weight is 386 g/mol. The van der Waals surface area contributed by atoms with Gasteiger partial charge in [0.15, 0.2) is 6.29 Å². The van der Waals surface area contributed by atoms with Gasteiger partial charge in [-0.25, -0.2) is 9.48 Å². The molecule has 0 spiro atoms. The average Bonchev–Trinajstić information content (AvgIpc) is 3.02. The summed E-state index contributed by atoms with van der Waals surface area (Å²) in [7, 11) is 1.58. The third-order valence-corrected chi connectivity index (χ3v) is 4.77. The fraction of sp³-hybridized carbons (Fsp3) is 0.421. The van der Waals surface area contributed by atoms with E-state index in [1.807, 2.05) is 20.8 Å². The first-order valence-corrected chi connectivity index (χ1v) is 9.26. The largest absolute Gasteiger partial charge is 0.497 e. The number of nitrogens with zero attached hydrogens (tertiary/aromatic N) is 2. The number of ether oxygens (including phenoxy) is 1.